The molecule has 5 heteroatoms. The fourth-order valence-electron chi connectivity index (χ4n) is 2.80. The summed E-state index contributed by atoms with van der Waals surface area (Å²) in [5, 5.41) is 4.07. The Morgan fingerprint density at radius 1 is 1.04 bits per heavy atom. The van der Waals surface area contributed by atoms with Crippen molar-refractivity contribution in [1.29, 1.82) is 0 Å². The van der Waals surface area contributed by atoms with Crippen LogP contribution in [0.3, 0.4) is 0 Å². The van der Waals surface area contributed by atoms with Gasteiger partial charge >= 0.3 is 0 Å². The Labute approximate surface area is 144 Å². The molecule has 0 aliphatic heterocycles. The van der Waals surface area contributed by atoms with Gasteiger partial charge in [-0.2, -0.15) is 13.5 Å². The highest BCUT2D eigenvalue weighted by molar-refractivity contribution is 7.89. The number of sulfonamides is 1. The molecule has 4 nitrogen and oxygen atoms in total. The number of hydrogen-bond acceptors (Lipinski definition) is 3. The van der Waals surface area contributed by atoms with Crippen LogP contribution in [0.15, 0.2) is 52.5 Å². The summed E-state index contributed by atoms with van der Waals surface area (Å²) in [7, 11) is -3.65. The number of benzene rings is 2. The quantitative estimate of drug-likeness (QED) is 0.638. The van der Waals surface area contributed by atoms with E-state index in [4.69, 9.17) is 0 Å². The lowest BCUT2D eigenvalue weighted by molar-refractivity contribution is 0.583. The van der Waals surface area contributed by atoms with Gasteiger partial charge in [-0.3, -0.25) is 0 Å². The molecular formula is C19H24N2O2S. The van der Waals surface area contributed by atoms with Gasteiger partial charge in [0.25, 0.3) is 10.0 Å². The van der Waals surface area contributed by atoms with E-state index in [1.165, 1.54) is 5.56 Å². The van der Waals surface area contributed by atoms with Crippen molar-refractivity contribution in [3.63, 3.8) is 0 Å². The molecule has 0 bridgehead atoms. The first-order valence-electron chi connectivity index (χ1n) is 7.96. The van der Waals surface area contributed by atoms with Crippen molar-refractivity contribution in [3.05, 3.63) is 64.7 Å². The summed E-state index contributed by atoms with van der Waals surface area (Å²) in [6.07, 6.45) is 1.54. The largest absolute Gasteiger partial charge is 0.277 e. The molecule has 0 aromatic heterocycles. The minimum absolute atomic E-state index is 0.313. The molecule has 0 unspecified atom stereocenters. The van der Waals surface area contributed by atoms with E-state index in [1.807, 2.05) is 44.2 Å². The highest BCUT2D eigenvalue weighted by Crippen LogP contribution is 2.21. The lowest BCUT2D eigenvalue weighted by Gasteiger charge is -2.12. The third-order valence-electron chi connectivity index (χ3n) is 3.85. The van der Waals surface area contributed by atoms with Gasteiger partial charge in [0, 0.05) is 5.71 Å². The summed E-state index contributed by atoms with van der Waals surface area (Å²) in [6, 6.07) is 13.8. The van der Waals surface area contributed by atoms with Gasteiger partial charge in [0.05, 0.1) is 4.90 Å². The smallest absolute Gasteiger partial charge is 0.200 e. The average Bonchev–Trinajstić information content (AvgIpc) is 2.50. The Balaban J connectivity index is 2.09. The molecule has 2 rings (SSSR count). The van der Waals surface area contributed by atoms with Crippen molar-refractivity contribution < 1.29 is 8.42 Å². The zero-order valence-corrected chi connectivity index (χ0v) is 15.4. The van der Waals surface area contributed by atoms with Crippen LogP contribution in [0, 0.1) is 20.8 Å². The molecule has 0 heterocycles. The van der Waals surface area contributed by atoms with Crippen molar-refractivity contribution in [2.75, 3.05) is 0 Å². The topological polar surface area (TPSA) is 58.5 Å². The maximum atomic E-state index is 12.5. The number of rotatable bonds is 6. The molecule has 0 fully saturated rings. The van der Waals surface area contributed by atoms with E-state index in [1.54, 1.807) is 13.8 Å². The second kappa shape index (κ2) is 7.62. The zero-order chi connectivity index (χ0) is 17.7. The van der Waals surface area contributed by atoms with Gasteiger partial charge in [0.2, 0.25) is 0 Å². The molecule has 1 N–H and O–H groups in total. The molecule has 0 amide bonds. The lowest BCUT2D eigenvalue weighted by atomic mass is 10.1. The van der Waals surface area contributed by atoms with Gasteiger partial charge in [-0.25, -0.2) is 4.83 Å². The van der Waals surface area contributed by atoms with Crippen LogP contribution in [0.4, 0.5) is 0 Å². The maximum absolute atomic E-state index is 12.5. The molecule has 128 valence electrons. The Bertz CT molecular complexity index is 818. The summed E-state index contributed by atoms with van der Waals surface area (Å²) < 4.78 is 25.1. The van der Waals surface area contributed by atoms with Crippen LogP contribution in [0.1, 0.15) is 35.6 Å². The van der Waals surface area contributed by atoms with Crippen molar-refractivity contribution in [3.8, 4) is 0 Å². The molecule has 24 heavy (non-hydrogen) atoms. The number of hydrazone groups is 1. The summed E-state index contributed by atoms with van der Waals surface area (Å²) >= 11 is 0. The molecule has 0 radical (unpaired) electrons. The SMILES string of the molecule is C/C(CCc1ccccc1)=N\NS(=O)(=O)c1c(C)cc(C)cc1C. The van der Waals surface area contributed by atoms with Gasteiger partial charge in [-0.15, -0.1) is 0 Å². The second-order valence-electron chi connectivity index (χ2n) is 6.16. The van der Waals surface area contributed by atoms with Crippen LogP contribution >= 0.6 is 0 Å². The Hall–Kier alpha value is -2.14. The van der Waals surface area contributed by atoms with E-state index in [0.29, 0.717) is 11.3 Å². The van der Waals surface area contributed by atoms with Crippen LogP contribution in [0.2, 0.25) is 0 Å². The third-order valence-corrected chi connectivity index (χ3v) is 5.36. The maximum Gasteiger partial charge on any atom is 0.277 e. The molecule has 0 spiro atoms. The molecule has 2 aromatic carbocycles. The van der Waals surface area contributed by atoms with Gasteiger partial charge < -0.3 is 0 Å². The van der Waals surface area contributed by atoms with Crippen molar-refractivity contribution in [2.45, 2.75) is 45.4 Å². The van der Waals surface area contributed by atoms with Crippen molar-refractivity contribution in [1.82, 2.24) is 4.83 Å². The Morgan fingerprint density at radius 3 is 2.21 bits per heavy atom. The normalized spacial score (nSPS) is 12.2. The van der Waals surface area contributed by atoms with Gasteiger partial charge in [0.15, 0.2) is 0 Å². The molecular weight excluding hydrogens is 320 g/mol. The van der Waals surface area contributed by atoms with E-state index in [-0.39, 0.29) is 0 Å². The van der Waals surface area contributed by atoms with Crippen LogP contribution < -0.4 is 4.83 Å². The number of hydrogen-bond donors (Lipinski definition) is 1. The van der Waals surface area contributed by atoms with E-state index >= 15 is 0 Å². The first kappa shape index (κ1) is 18.2. The van der Waals surface area contributed by atoms with Crippen LogP contribution in [0.5, 0.6) is 0 Å². The van der Waals surface area contributed by atoms with Gasteiger partial charge in [-0.05, 0) is 57.2 Å². The molecule has 0 saturated carbocycles. The highest BCUT2D eigenvalue weighted by atomic mass is 32.2. The molecule has 0 aliphatic rings. The molecule has 0 atom stereocenters. The lowest BCUT2D eigenvalue weighted by Crippen LogP contribution is -2.22. The number of aryl methyl sites for hydroxylation is 4. The van der Waals surface area contributed by atoms with Crippen LogP contribution in [-0.4, -0.2) is 14.1 Å². The van der Waals surface area contributed by atoms with E-state index in [9.17, 15) is 8.42 Å². The first-order chi connectivity index (χ1) is 11.3. The van der Waals surface area contributed by atoms with Crippen molar-refractivity contribution >= 4 is 15.7 Å². The van der Waals surface area contributed by atoms with E-state index in [0.717, 1.165) is 28.8 Å². The van der Waals surface area contributed by atoms with E-state index < -0.39 is 10.0 Å². The fourth-order valence-corrected chi connectivity index (χ4v) is 4.13. The zero-order valence-electron chi connectivity index (χ0n) is 14.6. The first-order valence-corrected chi connectivity index (χ1v) is 9.44. The van der Waals surface area contributed by atoms with E-state index in [2.05, 4.69) is 22.1 Å². The van der Waals surface area contributed by atoms with Gasteiger partial charge in [0.1, 0.15) is 0 Å². The molecule has 0 saturated heterocycles. The predicted octanol–water partition coefficient (Wildman–Crippen LogP) is 3.90. The Kier molecular flexibility index (Phi) is 5.78. The summed E-state index contributed by atoms with van der Waals surface area (Å²) in [5.41, 5.74) is 4.48. The minimum Gasteiger partial charge on any atom is -0.200 e. The van der Waals surface area contributed by atoms with Crippen molar-refractivity contribution in [2.24, 2.45) is 5.10 Å². The predicted molar refractivity (Wildman–Crippen MR) is 98.8 cm³/mol. The molecule has 0 aliphatic carbocycles. The van der Waals surface area contributed by atoms with Crippen LogP contribution in [0.25, 0.3) is 0 Å². The average molecular weight is 344 g/mol. The third kappa shape index (κ3) is 4.68. The minimum atomic E-state index is -3.65. The van der Waals surface area contributed by atoms with Gasteiger partial charge in [-0.1, -0.05) is 48.0 Å². The second-order valence-corrected chi connectivity index (χ2v) is 7.75. The summed E-state index contributed by atoms with van der Waals surface area (Å²) in [5.74, 6) is 0. The number of nitrogens with one attached hydrogen (secondary N) is 1. The highest BCUT2D eigenvalue weighted by Gasteiger charge is 2.19. The molecule has 2 aromatic rings. The monoisotopic (exact) mass is 344 g/mol. The Morgan fingerprint density at radius 2 is 1.62 bits per heavy atom. The fraction of sp³-hybridized carbons (Fsp3) is 0.316. The standard InChI is InChI=1S/C19H24N2O2S/c1-14-12-15(2)19(16(3)13-14)24(22,23)21-20-17(4)10-11-18-8-6-5-7-9-18/h5-9,12-13,21H,10-11H2,1-4H3/b20-17+. The number of nitrogens with zero attached hydrogens (tertiary/aromatic N) is 1. The summed E-state index contributed by atoms with van der Waals surface area (Å²) in [4.78, 5) is 2.69. The van der Waals surface area contributed by atoms with Crippen LogP contribution in [-0.2, 0) is 16.4 Å². The summed E-state index contributed by atoms with van der Waals surface area (Å²) in [6.45, 7) is 7.40.